The van der Waals surface area contributed by atoms with E-state index in [2.05, 4.69) is 33.2 Å². The van der Waals surface area contributed by atoms with Crippen molar-refractivity contribution in [2.24, 2.45) is 0 Å². The summed E-state index contributed by atoms with van der Waals surface area (Å²) >= 11 is 0. The fourth-order valence-corrected chi connectivity index (χ4v) is 3.61. The van der Waals surface area contributed by atoms with E-state index >= 15 is 0 Å². The predicted molar refractivity (Wildman–Crippen MR) is 116 cm³/mol. The Hall–Kier alpha value is -3.19. The molecule has 0 radical (unpaired) electrons. The lowest BCUT2D eigenvalue weighted by Gasteiger charge is -2.34. The van der Waals surface area contributed by atoms with Crippen molar-refractivity contribution in [2.45, 2.75) is 13.5 Å². The minimum Gasteiger partial charge on any atom is -0.369 e. The number of rotatable bonds is 4. The topological polar surface area (TPSA) is 70.5 Å². The zero-order valence-corrected chi connectivity index (χ0v) is 16.8. The molecule has 0 aliphatic carbocycles. The highest BCUT2D eigenvalue weighted by Gasteiger charge is 2.15. The molecule has 0 atom stereocenters. The third kappa shape index (κ3) is 4.14. The highest BCUT2D eigenvalue weighted by molar-refractivity contribution is 5.91. The zero-order chi connectivity index (χ0) is 20.4. The summed E-state index contributed by atoms with van der Waals surface area (Å²) in [4.78, 5) is 34.0. The van der Waals surface area contributed by atoms with Gasteiger partial charge in [0.1, 0.15) is 6.54 Å². The van der Waals surface area contributed by atoms with Gasteiger partial charge < -0.3 is 15.1 Å². The van der Waals surface area contributed by atoms with E-state index in [0.717, 1.165) is 37.4 Å². The van der Waals surface area contributed by atoms with Crippen LogP contribution in [-0.4, -0.2) is 53.6 Å². The second kappa shape index (κ2) is 8.05. The summed E-state index contributed by atoms with van der Waals surface area (Å²) in [5.41, 5.74) is 3.34. The van der Waals surface area contributed by atoms with Gasteiger partial charge in [0.15, 0.2) is 0 Å². The average Bonchev–Trinajstić information content (AvgIpc) is 2.72. The van der Waals surface area contributed by atoms with Gasteiger partial charge >= 0.3 is 0 Å². The van der Waals surface area contributed by atoms with E-state index in [4.69, 9.17) is 0 Å². The second-order valence-corrected chi connectivity index (χ2v) is 7.53. The van der Waals surface area contributed by atoms with Crippen LogP contribution in [0, 0.1) is 6.92 Å². The number of benzene rings is 2. The van der Waals surface area contributed by atoms with Crippen LogP contribution in [0.2, 0.25) is 0 Å². The number of anilines is 2. The van der Waals surface area contributed by atoms with E-state index < -0.39 is 0 Å². The van der Waals surface area contributed by atoms with Gasteiger partial charge in [0.25, 0.3) is 5.56 Å². The van der Waals surface area contributed by atoms with Crippen LogP contribution in [0.4, 0.5) is 11.4 Å². The number of hydrogen-bond acceptors (Lipinski definition) is 5. The molecule has 1 N–H and O–H groups in total. The predicted octanol–water partition coefficient (Wildman–Crippen LogP) is 2.10. The smallest absolute Gasteiger partial charge is 0.261 e. The maximum Gasteiger partial charge on any atom is 0.261 e. The Morgan fingerprint density at radius 3 is 2.62 bits per heavy atom. The minimum atomic E-state index is -0.250. The van der Waals surface area contributed by atoms with Gasteiger partial charge in [0.05, 0.1) is 17.2 Å². The van der Waals surface area contributed by atoms with Crippen LogP contribution < -0.4 is 15.8 Å². The number of nitrogens with one attached hydrogen (secondary N) is 1. The molecular weight excluding hydrogens is 366 g/mol. The van der Waals surface area contributed by atoms with Crippen LogP contribution >= 0.6 is 0 Å². The maximum atomic E-state index is 12.6. The highest BCUT2D eigenvalue weighted by atomic mass is 16.2. The number of carbonyl (C=O) groups excluding carboxylic acids is 1. The first kappa shape index (κ1) is 19.1. The van der Waals surface area contributed by atoms with Crippen LogP contribution in [0.3, 0.4) is 0 Å². The molecular formula is C22H25N5O2. The van der Waals surface area contributed by atoms with Gasteiger partial charge in [-0.05, 0) is 49.9 Å². The molecule has 7 nitrogen and oxygen atoms in total. The number of fused-ring (bicyclic) bond motifs is 1. The Balaban J connectivity index is 1.46. The first-order chi connectivity index (χ1) is 14.0. The normalized spacial score (nSPS) is 14.9. The quantitative estimate of drug-likeness (QED) is 0.738. The molecule has 150 valence electrons. The van der Waals surface area contributed by atoms with E-state index in [0.29, 0.717) is 10.9 Å². The second-order valence-electron chi connectivity index (χ2n) is 7.53. The molecule has 0 spiro atoms. The summed E-state index contributed by atoms with van der Waals surface area (Å²) in [7, 11) is 2.14. The lowest BCUT2D eigenvalue weighted by molar-refractivity contribution is -0.116. The maximum absolute atomic E-state index is 12.6. The molecule has 7 heteroatoms. The van der Waals surface area contributed by atoms with Gasteiger partial charge in [-0.25, -0.2) is 4.98 Å². The lowest BCUT2D eigenvalue weighted by atomic mass is 10.1. The molecule has 1 fully saturated rings. The molecule has 2 aromatic carbocycles. The molecule has 2 heterocycles. The number of piperazine rings is 1. The highest BCUT2D eigenvalue weighted by Crippen LogP contribution is 2.23. The van der Waals surface area contributed by atoms with E-state index in [1.807, 2.05) is 25.1 Å². The standard InChI is InChI=1S/C22H25N5O2/c1-16-13-17(26-11-9-25(2)10-12-26)7-8-19(16)24-21(28)14-27-15-23-20-6-4-3-5-18(20)22(27)29/h3-8,13,15H,9-12,14H2,1-2H3,(H,24,28). The average molecular weight is 391 g/mol. The van der Waals surface area contributed by atoms with Crippen molar-refractivity contribution in [3.05, 3.63) is 64.7 Å². The Bertz CT molecular complexity index is 1100. The summed E-state index contributed by atoms with van der Waals surface area (Å²) in [6, 6.07) is 13.2. The summed E-state index contributed by atoms with van der Waals surface area (Å²) in [5.74, 6) is -0.250. The molecule has 1 saturated heterocycles. The van der Waals surface area contributed by atoms with Crippen molar-refractivity contribution in [1.29, 1.82) is 0 Å². The van der Waals surface area contributed by atoms with E-state index in [9.17, 15) is 9.59 Å². The summed E-state index contributed by atoms with van der Waals surface area (Å²) in [5, 5.41) is 3.43. The van der Waals surface area contributed by atoms with Gasteiger partial charge in [0.2, 0.25) is 5.91 Å². The van der Waals surface area contributed by atoms with Crippen molar-refractivity contribution in [2.75, 3.05) is 43.4 Å². The molecule has 4 rings (SSSR count). The van der Waals surface area contributed by atoms with Crippen molar-refractivity contribution < 1.29 is 4.79 Å². The molecule has 0 bridgehead atoms. The van der Waals surface area contributed by atoms with Gasteiger partial charge in [-0.3, -0.25) is 14.2 Å². The molecule has 0 saturated carbocycles. The van der Waals surface area contributed by atoms with Crippen LogP contribution in [0.5, 0.6) is 0 Å². The molecule has 1 aliphatic rings. The molecule has 1 aromatic heterocycles. The van der Waals surface area contributed by atoms with Crippen molar-refractivity contribution in [1.82, 2.24) is 14.5 Å². The largest absolute Gasteiger partial charge is 0.369 e. The lowest BCUT2D eigenvalue weighted by Crippen LogP contribution is -2.44. The summed E-state index contributed by atoms with van der Waals surface area (Å²) in [6.45, 7) is 6.01. The van der Waals surface area contributed by atoms with Crippen molar-refractivity contribution >= 4 is 28.2 Å². The molecule has 3 aromatic rings. The first-order valence-electron chi connectivity index (χ1n) is 9.79. The molecule has 1 aliphatic heterocycles. The van der Waals surface area contributed by atoms with E-state index in [1.165, 1.54) is 16.6 Å². The van der Waals surface area contributed by atoms with Crippen LogP contribution in [0.25, 0.3) is 10.9 Å². The van der Waals surface area contributed by atoms with Gasteiger partial charge in [-0.15, -0.1) is 0 Å². The van der Waals surface area contributed by atoms with Gasteiger partial charge in [-0.2, -0.15) is 0 Å². The number of aromatic nitrogens is 2. The SMILES string of the molecule is Cc1cc(N2CCN(C)CC2)ccc1NC(=O)Cn1cnc2ccccc2c1=O. The number of amides is 1. The molecule has 29 heavy (non-hydrogen) atoms. The van der Waals surface area contributed by atoms with Crippen LogP contribution in [0.15, 0.2) is 53.6 Å². The Labute approximate surface area is 169 Å². The monoisotopic (exact) mass is 391 g/mol. The van der Waals surface area contributed by atoms with Gasteiger partial charge in [-0.1, -0.05) is 12.1 Å². The molecule has 0 unspecified atom stereocenters. The summed E-state index contributed by atoms with van der Waals surface area (Å²) in [6.07, 6.45) is 1.42. The number of likely N-dealkylation sites (N-methyl/N-ethyl adjacent to an activating group) is 1. The van der Waals surface area contributed by atoms with Crippen molar-refractivity contribution in [3.63, 3.8) is 0 Å². The Morgan fingerprint density at radius 1 is 1.10 bits per heavy atom. The number of aryl methyl sites for hydroxylation is 1. The molecule has 1 amide bonds. The Morgan fingerprint density at radius 2 is 1.86 bits per heavy atom. The number of nitrogens with zero attached hydrogens (tertiary/aromatic N) is 4. The van der Waals surface area contributed by atoms with E-state index in [1.54, 1.807) is 18.2 Å². The van der Waals surface area contributed by atoms with Crippen LogP contribution in [0.1, 0.15) is 5.56 Å². The van der Waals surface area contributed by atoms with Crippen LogP contribution in [-0.2, 0) is 11.3 Å². The fourth-order valence-electron chi connectivity index (χ4n) is 3.61. The Kier molecular flexibility index (Phi) is 5.31. The van der Waals surface area contributed by atoms with E-state index in [-0.39, 0.29) is 18.0 Å². The van der Waals surface area contributed by atoms with Crippen molar-refractivity contribution in [3.8, 4) is 0 Å². The van der Waals surface area contributed by atoms with Gasteiger partial charge in [0, 0.05) is 37.6 Å². The third-order valence-corrected chi connectivity index (χ3v) is 5.40. The summed E-state index contributed by atoms with van der Waals surface area (Å²) < 4.78 is 1.34. The third-order valence-electron chi connectivity index (χ3n) is 5.40. The fraction of sp³-hybridized carbons (Fsp3) is 0.318. The number of carbonyl (C=O) groups is 1. The first-order valence-corrected chi connectivity index (χ1v) is 9.79. The minimum absolute atomic E-state index is 0.0731. The zero-order valence-electron chi connectivity index (χ0n) is 16.8. The number of hydrogen-bond donors (Lipinski definition) is 1. The number of para-hydroxylation sites is 1.